The summed E-state index contributed by atoms with van der Waals surface area (Å²) < 4.78 is 56.1. The first-order valence-corrected chi connectivity index (χ1v) is 11.4. The average molecular weight is 442 g/mol. The van der Waals surface area contributed by atoms with Crippen LogP contribution in [0, 0.1) is 19.8 Å². The number of aromatic nitrogens is 2. The van der Waals surface area contributed by atoms with Gasteiger partial charge in [-0.3, -0.25) is 0 Å². The number of nitrogens with zero attached hydrogens (tertiary/aromatic N) is 2. The van der Waals surface area contributed by atoms with E-state index in [4.69, 9.17) is 0 Å². The van der Waals surface area contributed by atoms with Gasteiger partial charge in [-0.05, 0) is 70.1 Å². The van der Waals surface area contributed by atoms with Crippen molar-refractivity contribution < 1.29 is 17.4 Å². The molecular formula is C22H30F3N3OS. The second-order valence-corrected chi connectivity index (χ2v) is 11.2. The fraction of sp³-hybridized carbons (Fsp3) is 0.591. The molecule has 4 nitrogen and oxygen atoms in total. The Labute approximate surface area is 178 Å². The summed E-state index contributed by atoms with van der Waals surface area (Å²) >= 11 is 0. The Hall–Kier alpha value is -1.67. The number of hydrogen-bond donors (Lipinski definition) is 1. The molecule has 166 valence electrons. The quantitative estimate of drug-likeness (QED) is 0.638. The monoisotopic (exact) mass is 441 g/mol. The predicted molar refractivity (Wildman–Crippen MR) is 114 cm³/mol. The summed E-state index contributed by atoms with van der Waals surface area (Å²) in [6.45, 7) is 9.59. The Kier molecular flexibility index (Phi) is 6.49. The van der Waals surface area contributed by atoms with Gasteiger partial charge in [-0.2, -0.15) is 18.3 Å². The molecule has 1 aromatic carbocycles. The molecule has 1 aliphatic rings. The van der Waals surface area contributed by atoms with Crippen LogP contribution in [0.1, 0.15) is 74.8 Å². The molecule has 0 radical (unpaired) electrons. The second kappa shape index (κ2) is 8.46. The van der Waals surface area contributed by atoms with Crippen molar-refractivity contribution in [2.75, 3.05) is 0 Å². The number of aryl methyl sites for hydroxylation is 2. The lowest BCUT2D eigenvalue weighted by atomic mass is 9.90. The molecule has 0 bridgehead atoms. The van der Waals surface area contributed by atoms with Crippen LogP contribution in [0.15, 0.2) is 24.5 Å². The predicted octanol–water partition coefficient (Wildman–Crippen LogP) is 5.79. The van der Waals surface area contributed by atoms with Crippen LogP contribution >= 0.6 is 0 Å². The van der Waals surface area contributed by atoms with Crippen molar-refractivity contribution in [3.63, 3.8) is 0 Å². The van der Waals surface area contributed by atoms with Gasteiger partial charge >= 0.3 is 6.18 Å². The fourth-order valence-corrected chi connectivity index (χ4v) is 5.05. The van der Waals surface area contributed by atoms with E-state index in [1.165, 1.54) is 4.68 Å². The van der Waals surface area contributed by atoms with Gasteiger partial charge in [0.25, 0.3) is 0 Å². The minimum atomic E-state index is -4.42. The van der Waals surface area contributed by atoms with Gasteiger partial charge in [-0.15, -0.1) is 0 Å². The molecule has 1 aromatic heterocycles. The normalized spacial score (nSPS) is 18.0. The molecule has 0 amide bonds. The van der Waals surface area contributed by atoms with E-state index in [0.717, 1.165) is 54.8 Å². The number of alkyl halides is 3. The number of rotatable bonds is 5. The van der Waals surface area contributed by atoms with Crippen molar-refractivity contribution in [3.8, 4) is 5.69 Å². The van der Waals surface area contributed by atoms with E-state index in [9.17, 15) is 17.4 Å². The van der Waals surface area contributed by atoms with Crippen LogP contribution in [-0.4, -0.2) is 18.7 Å². The molecule has 0 saturated heterocycles. The van der Waals surface area contributed by atoms with Crippen molar-refractivity contribution >= 4 is 11.0 Å². The Morgan fingerprint density at radius 1 is 1.13 bits per heavy atom. The molecule has 1 saturated carbocycles. The maximum absolute atomic E-state index is 13.0. The Morgan fingerprint density at radius 3 is 2.17 bits per heavy atom. The van der Waals surface area contributed by atoms with Gasteiger partial charge in [-0.1, -0.05) is 25.0 Å². The van der Waals surface area contributed by atoms with Crippen LogP contribution in [0.5, 0.6) is 0 Å². The first-order chi connectivity index (χ1) is 13.9. The highest BCUT2D eigenvalue weighted by atomic mass is 32.2. The number of nitrogens with one attached hydrogen (secondary N) is 1. The molecule has 2 aromatic rings. The lowest BCUT2D eigenvalue weighted by Crippen LogP contribution is -2.38. The zero-order valence-corrected chi connectivity index (χ0v) is 19.0. The summed E-state index contributed by atoms with van der Waals surface area (Å²) in [6.07, 6.45) is 1.93. The van der Waals surface area contributed by atoms with Gasteiger partial charge in [0.1, 0.15) is 0 Å². The highest BCUT2D eigenvalue weighted by molar-refractivity contribution is 7.84. The van der Waals surface area contributed by atoms with Crippen LogP contribution in [0.4, 0.5) is 13.2 Å². The maximum Gasteiger partial charge on any atom is 0.419 e. The molecule has 1 fully saturated rings. The van der Waals surface area contributed by atoms with Crippen LogP contribution in [0.3, 0.4) is 0 Å². The van der Waals surface area contributed by atoms with Crippen molar-refractivity contribution in [2.24, 2.45) is 5.92 Å². The summed E-state index contributed by atoms with van der Waals surface area (Å²) in [4.78, 5) is 0. The Bertz CT molecular complexity index is 901. The highest BCUT2D eigenvalue weighted by Crippen LogP contribution is 2.38. The fourth-order valence-electron chi connectivity index (χ4n) is 4.14. The summed E-state index contributed by atoms with van der Waals surface area (Å²) in [5, 5.41) is 3.94. The molecule has 0 aliphatic heterocycles. The highest BCUT2D eigenvalue weighted by Gasteiger charge is 2.33. The average Bonchev–Trinajstić information content (AvgIpc) is 3.29. The molecule has 1 aliphatic carbocycles. The van der Waals surface area contributed by atoms with Crippen molar-refractivity contribution in [3.05, 3.63) is 46.8 Å². The van der Waals surface area contributed by atoms with Gasteiger partial charge in [0.15, 0.2) is 0 Å². The third-order valence-electron chi connectivity index (χ3n) is 5.67. The van der Waals surface area contributed by atoms with Gasteiger partial charge in [0.05, 0.1) is 33.2 Å². The minimum Gasteiger partial charge on any atom is -0.242 e. The van der Waals surface area contributed by atoms with Crippen LogP contribution in [0.25, 0.3) is 5.69 Å². The van der Waals surface area contributed by atoms with Crippen LogP contribution in [0.2, 0.25) is 0 Å². The van der Waals surface area contributed by atoms with E-state index in [2.05, 4.69) is 9.82 Å². The van der Waals surface area contributed by atoms with Gasteiger partial charge < -0.3 is 0 Å². The number of benzene rings is 1. The molecule has 0 spiro atoms. The van der Waals surface area contributed by atoms with E-state index in [0.29, 0.717) is 11.6 Å². The summed E-state index contributed by atoms with van der Waals surface area (Å²) in [5.41, 5.74) is 2.59. The molecule has 2 unspecified atom stereocenters. The van der Waals surface area contributed by atoms with Gasteiger partial charge in [0, 0.05) is 12.2 Å². The van der Waals surface area contributed by atoms with E-state index in [1.54, 1.807) is 0 Å². The maximum atomic E-state index is 13.0. The minimum absolute atomic E-state index is 0.0534. The lowest BCUT2D eigenvalue weighted by Gasteiger charge is -2.29. The van der Waals surface area contributed by atoms with Crippen molar-refractivity contribution in [1.29, 1.82) is 0 Å². The van der Waals surface area contributed by atoms with Gasteiger partial charge in [0.2, 0.25) is 0 Å². The van der Waals surface area contributed by atoms with Gasteiger partial charge in [-0.25, -0.2) is 13.6 Å². The molecule has 30 heavy (non-hydrogen) atoms. The zero-order valence-electron chi connectivity index (χ0n) is 18.1. The third-order valence-corrected chi connectivity index (χ3v) is 7.25. The van der Waals surface area contributed by atoms with Crippen molar-refractivity contribution in [1.82, 2.24) is 14.5 Å². The Balaban J connectivity index is 1.98. The molecule has 2 atom stereocenters. The van der Waals surface area contributed by atoms with Crippen LogP contribution in [-0.2, 0) is 17.2 Å². The van der Waals surface area contributed by atoms with E-state index >= 15 is 0 Å². The van der Waals surface area contributed by atoms with E-state index in [-0.39, 0.29) is 10.8 Å². The van der Waals surface area contributed by atoms with E-state index < -0.39 is 22.7 Å². The smallest absolute Gasteiger partial charge is 0.242 e. The largest absolute Gasteiger partial charge is 0.419 e. The third kappa shape index (κ3) is 4.97. The second-order valence-electron chi connectivity index (χ2n) is 9.20. The standard InChI is InChI=1S/C22H30F3N3OS/c1-14-10-17(19(16-8-6-7-9-16)27-30(29)21(3,4)5)11-15(2)20(14)28-13-18(12-26-28)22(23,24)25/h10-13,16,19,27H,6-9H2,1-5H3. The molecule has 1 N–H and O–H groups in total. The first-order valence-electron chi connectivity index (χ1n) is 10.3. The van der Waals surface area contributed by atoms with E-state index in [1.807, 2.05) is 46.8 Å². The molecular weight excluding hydrogens is 411 g/mol. The summed E-state index contributed by atoms with van der Waals surface area (Å²) in [5.74, 6) is 0.391. The zero-order chi connectivity index (χ0) is 22.3. The topological polar surface area (TPSA) is 46.9 Å². The molecule has 8 heteroatoms. The number of hydrogen-bond acceptors (Lipinski definition) is 2. The summed E-state index contributed by atoms with van der Waals surface area (Å²) in [7, 11) is -1.22. The first kappa shape index (κ1) is 23.0. The summed E-state index contributed by atoms with van der Waals surface area (Å²) in [6, 6.07) is 3.93. The SMILES string of the molecule is Cc1cc(C(NS(=O)C(C)(C)C)C2CCCC2)cc(C)c1-n1cc(C(F)(F)F)cn1. The lowest BCUT2D eigenvalue weighted by molar-refractivity contribution is -0.137. The molecule has 3 rings (SSSR count). The van der Waals surface area contributed by atoms with Crippen LogP contribution < -0.4 is 4.72 Å². The number of halogens is 3. The van der Waals surface area contributed by atoms with Crippen molar-refractivity contribution in [2.45, 2.75) is 77.3 Å². The molecule has 1 heterocycles. The Morgan fingerprint density at radius 2 is 1.70 bits per heavy atom.